The van der Waals surface area contributed by atoms with Crippen LogP contribution in [-0.4, -0.2) is 42.9 Å². The molecule has 29 heavy (non-hydrogen) atoms. The maximum Gasteiger partial charge on any atom is 0.255 e. The van der Waals surface area contributed by atoms with Gasteiger partial charge in [0.05, 0.1) is 0 Å². The Labute approximate surface area is 172 Å². The summed E-state index contributed by atoms with van der Waals surface area (Å²) in [5, 5.41) is 2.94. The summed E-state index contributed by atoms with van der Waals surface area (Å²) in [7, 11) is 0. The molecule has 2 amide bonds. The lowest BCUT2D eigenvalue weighted by molar-refractivity contribution is -0.136. The largest absolute Gasteiger partial charge is 0.368 e. The maximum atomic E-state index is 12.7. The predicted molar refractivity (Wildman–Crippen MR) is 116 cm³/mol. The number of carbonyl (C=O) groups excluding carboxylic acids is 2. The Kier molecular flexibility index (Phi) is 6.13. The molecule has 1 N–H and O–H groups in total. The van der Waals surface area contributed by atoms with Crippen LogP contribution in [0.5, 0.6) is 0 Å². The van der Waals surface area contributed by atoms with Gasteiger partial charge in [-0.05, 0) is 49.2 Å². The standard InChI is InChI=1S/C24H29N3O2/c28-23(19-7-3-1-4-8-19)25-21-11-13-22(14-12-21)26-15-17-27(18-16-26)24(29)20-9-5-2-6-10-20/h1,3-4,7-8,11-14,20H,2,5-6,9-10,15-18H2,(H,25,28). The molecule has 1 saturated heterocycles. The molecular formula is C24H29N3O2. The molecule has 4 rings (SSSR count). The van der Waals surface area contributed by atoms with Crippen LogP contribution in [0.2, 0.25) is 0 Å². The average molecular weight is 392 g/mol. The van der Waals surface area contributed by atoms with E-state index in [2.05, 4.69) is 15.1 Å². The van der Waals surface area contributed by atoms with Crippen LogP contribution in [0.15, 0.2) is 54.6 Å². The molecule has 2 fully saturated rings. The molecule has 2 aromatic rings. The van der Waals surface area contributed by atoms with Crippen LogP contribution in [0, 0.1) is 5.92 Å². The van der Waals surface area contributed by atoms with E-state index >= 15 is 0 Å². The number of piperazine rings is 1. The Bertz CT molecular complexity index is 821. The fourth-order valence-electron chi connectivity index (χ4n) is 4.34. The molecule has 152 valence electrons. The van der Waals surface area contributed by atoms with Gasteiger partial charge in [0.1, 0.15) is 0 Å². The van der Waals surface area contributed by atoms with E-state index in [1.54, 1.807) is 12.1 Å². The second-order valence-electron chi connectivity index (χ2n) is 8.01. The van der Waals surface area contributed by atoms with Crippen LogP contribution in [0.25, 0.3) is 0 Å². The summed E-state index contributed by atoms with van der Waals surface area (Å²) in [6.07, 6.45) is 5.80. The molecule has 1 saturated carbocycles. The molecule has 1 aliphatic carbocycles. The molecule has 5 nitrogen and oxygen atoms in total. The minimum Gasteiger partial charge on any atom is -0.368 e. The molecule has 1 heterocycles. The average Bonchev–Trinajstić information content (AvgIpc) is 2.80. The topological polar surface area (TPSA) is 52.7 Å². The molecule has 0 radical (unpaired) electrons. The lowest BCUT2D eigenvalue weighted by Gasteiger charge is -2.38. The van der Waals surface area contributed by atoms with Crippen molar-refractivity contribution < 1.29 is 9.59 Å². The molecule has 5 heteroatoms. The first-order valence-electron chi connectivity index (χ1n) is 10.7. The third-order valence-corrected chi connectivity index (χ3v) is 6.07. The van der Waals surface area contributed by atoms with E-state index in [0.29, 0.717) is 11.5 Å². The fourth-order valence-corrected chi connectivity index (χ4v) is 4.34. The van der Waals surface area contributed by atoms with Gasteiger partial charge < -0.3 is 15.1 Å². The number of benzene rings is 2. The van der Waals surface area contributed by atoms with Crippen molar-refractivity contribution in [3.63, 3.8) is 0 Å². The van der Waals surface area contributed by atoms with Gasteiger partial charge in [-0.2, -0.15) is 0 Å². The highest BCUT2D eigenvalue weighted by Gasteiger charge is 2.28. The predicted octanol–water partition coefficient (Wildman–Crippen LogP) is 4.17. The van der Waals surface area contributed by atoms with Crippen LogP contribution < -0.4 is 10.2 Å². The molecular weight excluding hydrogens is 362 g/mol. The number of hydrogen-bond donors (Lipinski definition) is 1. The fraction of sp³-hybridized carbons (Fsp3) is 0.417. The minimum absolute atomic E-state index is 0.104. The van der Waals surface area contributed by atoms with Gasteiger partial charge in [-0.25, -0.2) is 0 Å². The first kappa shape index (κ1) is 19.5. The summed E-state index contributed by atoms with van der Waals surface area (Å²) in [5.41, 5.74) is 2.57. The summed E-state index contributed by atoms with van der Waals surface area (Å²) < 4.78 is 0. The zero-order chi connectivity index (χ0) is 20.1. The highest BCUT2D eigenvalue weighted by atomic mass is 16.2. The lowest BCUT2D eigenvalue weighted by Crippen LogP contribution is -2.50. The van der Waals surface area contributed by atoms with E-state index < -0.39 is 0 Å². The zero-order valence-corrected chi connectivity index (χ0v) is 16.8. The summed E-state index contributed by atoms with van der Waals surface area (Å²) in [4.78, 5) is 29.4. The SMILES string of the molecule is O=C(Nc1ccc(N2CCN(C(=O)C3CCCCC3)CC2)cc1)c1ccccc1. The van der Waals surface area contributed by atoms with Gasteiger partial charge in [-0.3, -0.25) is 9.59 Å². The van der Waals surface area contributed by atoms with Crippen LogP contribution in [0.1, 0.15) is 42.5 Å². The monoisotopic (exact) mass is 391 g/mol. The lowest BCUT2D eigenvalue weighted by atomic mass is 9.88. The van der Waals surface area contributed by atoms with E-state index in [9.17, 15) is 9.59 Å². The van der Waals surface area contributed by atoms with E-state index in [4.69, 9.17) is 0 Å². The van der Waals surface area contributed by atoms with Crippen molar-refractivity contribution in [1.29, 1.82) is 0 Å². The Morgan fingerprint density at radius 1 is 0.793 bits per heavy atom. The number of anilines is 2. The maximum absolute atomic E-state index is 12.7. The van der Waals surface area contributed by atoms with Crippen molar-refractivity contribution in [3.05, 3.63) is 60.2 Å². The summed E-state index contributed by atoms with van der Waals surface area (Å²) in [6, 6.07) is 17.2. The van der Waals surface area contributed by atoms with Gasteiger partial charge in [-0.15, -0.1) is 0 Å². The van der Waals surface area contributed by atoms with Crippen molar-refractivity contribution in [3.8, 4) is 0 Å². The number of amides is 2. The molecule has 0 unspecified atom stereocenters. The van der Waals surface area contributed by atoms with E-state index in [0.717, 1.165) is 50.4 Å². The first-order chi connectivity index (χ1) is 14.2. The first-order valence-corrected chi connectivity index (χ1v) is 10.7. The Morgan fingerprint density at radius 3 is 2.10 bits per heavy atom. The number of hydrogen-bond acceptors (Lipinski definition) is 3. The van der Waals surface area contributed by atoms with Crippen LogP contribution in [0.4, 0.5) is 11.4 Å². The van der Waals surface area contributed by atoms with Crippen molar-refractivity contribution in [1.82, 2.24) is 4.90 Å². The normalized spacial score (nSPS) is 17.8. The summed E-state index contributed by atoms with van der Waals surface area (Å²) in [5.74, 6) is 0.513. The molecule has 0 atom stereocenters. The molecule has 2 aromatic carbocycles. The van der Waals surface area contributed by atoms with Crippen molar-refractivity contribution in [2.75, 3.05) is 36.4 Å². The summed E-state index contributed by atoms with van der Waals surface area (Å²) in [6.45, 7) is 3.30. The van der Waals surface area contributed by atoms with E-state index in [1.165, 1.54) is 19.3 Å². The highest BCUT2D eigenvalue weighted by Crippen LogP contribution is 2.26. The Morgan fingerprint density at radius 2 is 1.45 bits per heavy atom. The molecule has 1 aliphatic heterocycles. The van der Waals surface area contributed by atoms with Gasteiger partial charge >= 0.3 is 0 Å². The minimum atomic E-state index is -0.104. The molecule has 0 aromatic heterocycles. The number of rotatable bonds is 4. The van der Waals surface area contributed by atoms with Crippen molar-refractivity contribution in [2.45, 2.75) is 32.1 Å². The van der Waals surface area contributed by atoms with Gasteiger partial charge in [0.15, 0.2) is 0 Å². The molecule has 0 bridgehead atoms. The van der Waals surface area contributed by atoms with Crippen molar-refractivity contribution >= 4 is 23.2 Å². The van der Waals surface area contributed by atoms with Gasteiger partial charge in [0.2, 0.25) is 5.91 Å². The van der Waals surface area contributed by atoms with Gasteiger partial charge in [-0.1, -0.05) is 37.5 Å². The van der Waals surface area contributed by atoms with Gasteiger partial charge in [0.25, 0.3) is 5.91 Å². The van der Waals surface area contributed by atoms with Crippen LogP contribution in [0.3, 0.4) is 0 Å². The zero-order valence-electron chi connectivity index (χ0n) is 16.8. The number of nitrogens with one attached hydrogen (secondary N) is 1. The third kappa shape index (κ3) is 4.78. The second kappa shape index (κ2) is 9.12. The van der Waals surface area contributed by atoms with Gasteiger partial charge in [0, 0.05) is 49.0 Å². The third-order valence-electron chi connectivity index (χ3n) is 6.07. The number of carbonyl (C=O) groups is 2. The smallest absolute Gasteiger partial charge is 0.255 e. The second-order valence-corrected chi connectivity index (χ2v) is 8.01. The van der Waals surface area contributed by atoms with E-state index in [-0.39, 0.29) is 11.8 Å². The van der Waals surface area contributed by atoms with Crippen molar-refractivity contribution in [2.24, 2.45) is 5.92 Å². The quantitative estimate of drug-likeness (QED) is 0.851. The Hall–Kier alpha value is -2.82. The Balaban J connectivity index is 1.30. The molecule has 0 spiro atoms. The number of nitrogens with zero attached hydrogens (tertiary/aromatic N) is 2. The molecule has 2 aliphatic rings. The van der Waals surface area contributed by atoms with Crippen LogP contribution >= 0.6 is 0 Å². The van der Waals surface area contributed by atoms with Crippen LogP contribution in [-0.2, 0) is 4.79 Å². The summed E-state index contributed by atoms with van der Waals surface area (Å²) >= 11 is 0. The highest BCUT2D eigenvalue weighted by molar-refractivity contribution is 6.04. The van der Waals surface area contributed by atoms with E-state index in [1.807, 2.05) is 42.5 Å².